The minimum Gasteiger partial charge on any atom is -0.472 e. The Kier molecular flexibility index (Phi) is 8.43. The zero-order valence-electron chi connectivity index (χ0n) is 20.2. The Labute approximate surface area is 196 Å². The first-order chi connectivity index (χ1) is 15.8. The van der Waals surface area contributed by atoms with E-state index in [1.165, 1.54) is 0 Å². The summed E-state index contributed by atoms with van der Waals surface area (Å²) in [7, 11) is 2.03. The molecule has 33 heavy (non-hydrogen) atoms. The fraction of sp³-hybridized carbons (Fsp3) is 0.500. The van der Waals surface area contributed by atoms with Crippen LogP contribution < -0.4 is 4.74 Å². The summed E-state index contributed by atoms with van der Waals surface area (Å²) in [5, 5.41) is 9.80. The van der Waals surface area contributed by atoms with Crippen molar-refractivity contribution >= 4 is 5.91 Å². The lowest BCUT2D eigenvalue weighted by Crippen LogP contribution is -2.49. The number of aliphatic hydroxyl groups is 1. The Morgan fingerprint density at radius 3 is 2.76 bits per heavy atom. The van der Waals surface area contributed by atoms with Crippen LogP contribution in [0.4, 0.5) is 0 Å². The van der Waals surface area contributed by atoms with Gasteiger partial charge in [0.15, 0.2) is 0 Å². The van der Waals surface area contributed by atoms with Gasteiger partial charge in [-0.25, -0.2) is 4.98 Å². The molecule has 176 valence electrons. The third kappa shape index (κ3) is 6.53. The second-order valence-corrected chi connectivity index (χ2v) is 9.14. The molecular weight excluding hydrogens is 416 g/mol. The first kappa shape index (κ1) is 24.7. The number of aliphatic hydroxyl groups excluding tert-OH is 1. The quantitative estimate of drug-likeness (QED) is 0.682. The predicted molar refractivity (Wildman–Crippen MR) is 128 cm³/mol. The van der Waals surface area contributed by atoms with Crippen molar-refractivity contribution in [2.24, 2.45) is 11.8 Å². The molecule has 0 aliphatic carbocycles. The van der Waals surface area contributed by atoms with E-state index in [1.54, 1.807) is 23.4 Å². The molecule has 0 radical (unpaired) electrons. The van der Waals surface area contributed by atoms with Crippen LogP contribution in [-0.2, 0) is 6.54 Å². The van der Waals surface area contributed by atoms with Crippen molar-refractivity contribution in [3.05, 3.63) is 53.5 Å². The Hall–Kier alpha value is -2.95. The van der Waals surface area contributed by atoms with Gasteiger partial charge in [0.05, 0.1) is 18.3 Å². The normalized spacial score (nSPS) is 19.3. The summed E-state index contributed by atoms with van der Waals surface area (Å²) >= 11 is 0. The minimum atomic E-state index is -0.316. The highest BCUT2D eigenvalue weighted by Gasteiger charge is 2.34. The van der Waals surface area contributed by atoms with Gasteiger partial charge < -0.3 is 14.7 Å². The number of aromatic nitrogens is 2. The van der Waals surface area contributed by atoms with Gasteiger partial charge in [-0.05, 0) is 32.2 Å². The lowest BCUT2D eigenvalue weighted by Gasteiger charge is -2.37. The Bertz CT molecular complexity index is 1000. The van der Waals surface area contributed by atoms with Gasteiger partial charge in [0, 0.05) is 49.4 Å². The zero-order valence-corrected chi connectivity index (χ0v) is 20.2. The SMILES string of the molecule is CC(C)C#Cc1cnc2c(c1)C(=O)N([C@H](C)CO)C[C@H](C)[C@@H](CN(C)Cc1ccccn1)O2. The molecule has 7 nitrogen and oxygen atoms in total. The first-order valence-electron chi connectivity index (χ1n) is 11.5. The molecule has 3 rings (SSSR count). The van der Waals surface area contributed by atoms with Crippen LogP contribution in [0.15, 0.2) is 36.7 Å². The molecule has 7 heteroatoms. The third-order valence-corrected chi connectivity index (χ3v) is 5.68. The molecule has 1 amide bonds. The maximum absolute atomic E-state index is 13.4. The number of hydrogen-bond donors (Lipinski definition) is 1. The molecule has 1 N–H and O–H groups in total. The second kappa shape index (κ2) is 11.3. The number of pyridine rings is 2. The van der Waals surface area contributed by atoms with Crippen LogP contribution in [-0.4, -0.2) is 69.7 Å². The summed E-state index contributed by atoms with van der Waals surface area (Å²) in [5.41, 5.74) is 2.04. The maximum Gasteiger partial charge on any atom is 0.259 e. The van der Waals surface area contributed by atoms with E-state index >= 15 is 0 Å². The monoisotopic (exact) mass is 450 g/mol. The van der Waals surface area contributed by atoms with E-state index in [1.807, 2.05) is 46.0 Å². The van der Waals surface area contributed by atoms with Crippen LogP contribution in [0.25, 0.3) is 0 Å². The van der Waals surface area contributed by atoms with Crippen LogP contribution in [0.3, 0.4) is 0 Å². The van der Waals surface area contributed by atoms with Crippen LogP contribution >= 0.6 is 0 Å². The minimum absolute atomic E-state index is 0.0319. The summed E-state index contributed by atoms with van der Waals surface area (Å²) in [6, 6.07) is 7.31. The number of likely N-dealkylation sites (N-methyl/N-ethyl adjacent to an activating group) is 1. The van der Waals surface area contributed by atoms with E-state index in [0.717, 1.165) is 5.69 Å². The molecule has 0 fully saturated rings. The topological polar surface area (TPSA) is 78.8 Å². The van der Waals surface area contributed by atoms with Gasteiger partial charge in [0.25, 0.3) is 5.91 Å². The predicted octanol–water partition coefficient (Wildman–Crippen LogP) is 2.84. The second-order valence-electron chi connectivity index (χ2n) is 9.14. The van der Waals surface area contributed by atoms with E-state index < -0.39 is 0 Å². The van der Waals surface area contributed by atoms with Crippen LogP contribution in [0.5, 0.6) is 5.88 Å². The number of hydrogen-bond acceptors (Lipinski definition) is 6. The molecule has 1 aliphatic rings. The van der Waals surface area contributed by atoms with Gasteiger partial charge in [-0.15, -0.1) is 0 Å². The van der Waals surface area contributed by atoms with Crippen molar-refractivity contribution in [1.29, 1.82) is 0 Å². The summed E-state index contributed by atoms with van der Waals surface area (Å²) in [5.74, 6) is 6.56. The third-order valence-electron chi connectivity index (χ3n) is 5.68. The van der Waals surface area contributed by atoms with Crippen molar-refractivity contribution in [3.63, 3.8) is 0 Å². The number of nitrogens with zero attached hydrogens (tertiary/aromatic N) is 4. The first-order valence-corrected chi connectivity index (χ1v) is 11.5. The molecule has 3 heterocycles. The Balaban J connectivity index is 1.91. The van der Waals surface area contributed by atoms with Gasteiger partial charge in [-0.3, -0.25) is 14.7 Å². The van der Waals surface area contributed by atoms with Crippen molar-refractivity contribution in [2.75, 3.05) is 26.7 Å². The number of carbonyl (C=O) groups is 1. The Morgan fingerprint density at radius 2 is 2.09 bits per heavy atom. The molecule has 3 atom stereocenters. The molecule has 0 bridgehead atoms. The van der Waals surface area contributed by atoms with Crippen LogP contribution in [0.2, 0.25) is 0 Å². The molecular formula is C26H34N4O3. The fourth-order valence-electron chi connectivity index (χ4n) is 3.76. The van der Waals surface area contributed by atoms with Crippen LogP contribution in [0, 0.1) is 23.7 Å². The van der Waals surface area contributed by atoms with E-state index in [4.69, 9.17) is 4.74 Å². The summed E-state index contributed by atoms with van der Waals surface area (Å²) in [4.78, 5) is 26.2. The number of amides is 1. The molecule has 2 aromatic heterocycles. The molecule has 1 aliphatic heterocycles. The van der Waals surface area contributed by atoms with Gasteiger partial charge in [-0.2, -0.15) is 0 Å². The molecule has 0 saturated carbocycles. The molecule has 0 saturated heterocycles. The van der Waals surface area contributed by atoms with E-state index in [9.17, 15) is 9.90 Å². The lowest BCUT2D eigenvalue weighted by atomic mass is 9.99. The molecule has 2 aromatic rings. The average molecular weight is 451 g/mol. The zero-order chi connectivity index (χ0) is 24.0. The van der Waals surface area contributed by atoms with Crippen molar-refractivity contribution in [1.82, 2.24) is 19.8 Å². The molecule has 0 spiro atoms. The summed E-state index contributed by atoms with van der Waals surface area (Å²) < 4.78 is 6.34. The smallest absolute Gasteiger partial charge is 0.259 e. The standard InChI is InChI=1S/C26H34N4O3/c1-18(2)9-10-21-12-23-25(28-13-21)33-24(16-29(5)15-22-8-6-7-11-27-22)19(3)14-30(26(23)32)20(4)17-31/h6-8,11-13,18-20,24,31H,14-17H2,1-5H3/t19-,20+,24+/m0/s1. The van der Waals surface area contributed by atoms with Gasteiger partial charge in [0.1, 0.15) is 11.7 Å². The number of fused-ring (bicyclic) bond motifs is 1. The summed E-state index contributed by atoms with van der Waals surface area (Å²) in [6.07, 6.45) is 3.25. The van der Waals surface area contributed by atoms with Gasteiger partial charge in [-0.1, -0.05) is 38.7 Å². The van der Waals surface area contributed by atoms with Crippen molar-refractivity contribution in [3.8, 4) is 17.7 Å². The van der Waals surface area contributed by atoms with E-state index in [0.29, 0.717) is 36.6 Å². The van der Waals surface area contributed by atoms with Crippen molar-refractivity contribution in [2.45, 2.75) is 46.4 Å². The van der Waals surface area contributed by atoms with Gasteiger partial charge >= 0.3 is 0 Å². The molecule has 0 unspecified atom stereocenters. The average Bonchev–Trinajstić information content (AvgIpc) is 2.80. The number of rotatable bonds is 6. The van der Waals surface area contributed by atoms with Gasteiger partial charge in [0.2, 0.25) is 5.88 Å². The lowest BCUT2D eigenvalue weighted by molar-refractivity contribution is 0.0324. The maximum atomic E-state index is 13.4. The van der Waals surface area contributed by atoms with Crippen molar-refractivity contribution < 1.29 is 14.6 Å². The van der Waals surface area contributed by atoms with E-state index in [2.05, 4.69) is 33.6 Å². The highest BCUT2D eigenvalue weighted by molar-refractivity contribution is 5.97. The largest absolute Gasteiger partial charge is 0.472 e. The molecule has 0 aromatic carbocycles. The fourth-order valence-corrected chi connectivity index (χ4v) is 3.76. The summed E-state index contributed by atoms with van der Waals surface area (Å²) in [6.45, 7) is 9.64. The van der Waals surface area contributed by atoms with Crippen LogP contribution in [0.1, 0.15) is 49.3 Å². The number of carbonyl (C=O) groups excluding carboxylic acids is 1. The highest BCUT2D eigenvalue weighted by atomic mass is 16.5. The Morgan fingerprint density at radius 1 is 1.30 bits per heavy atom. The van der Waals surface area contributed by atoms with E-state index in [-0.39, 0.29) is 36.5 Å². The highest BCUT2D eigenvalue weighted by Crippen LogP contribution is 2.27. The number of ether oxygens (including phenoxy) is 1.